The fourth-order valence-corrected chi connectivity index (χ4v) is 3.46. The van der Waals surface area contributed by atoms with Crippen molar-refractivity contribution < 1.29 is 9.52 Å². The average molecular weight is 325 g/mol. The maximum Gasteiger partial charge on any atom is 0.294 e. The zero-order valence-corrected chi connectivity index (χ0v) is 13.7. The summed E-state index contributed by atoms with van der Waals surface area (Å²) in [5, 5.41) is 10.2. The van der Waals surface area contributed by atoms with E-state index >= 15 is 0 Å². The number of aliphatic hydroxyl groups is 1. The second kappa shape index (κ2) is 6.07. The molecule has 0 radical (unpaired) electrons. The number of benzene rings is 1. The van der Waals surface area contributed by atoms with Gasteiger partial charge in [0.2, 0.25) is 5.58 Å². The first-order valence-corrected chi connectivity index (χ1v) is 8.45. The molecule has 0 spiro atoms. The van der Waals surface area contributed by atoms with Crippen molar-refractivity contribution in [3.63, 3.8) is 0 Å². The lowest BCUT2D eigenvalue weighted by Crippen LogP contribution is -2.24. The molecule has 2 N–H and O–H groups in total. The number of rotatable bonds is 4. The Kier molecular flexibility index (Phi) is 3.90. The van der Waals surface area contributed by atoms with E-state index in [1.165, 1.54) is 5.56 Å². The van der Waals surface area contributed by atoms with Crippen LogP contribution in [0, 0.1) is 5.92 Å². The summed E-state index contributed by atoms with van der Waals surface area (Å²) in [6.07, 6.45) is 1.91. The lowest BCUT2D eigenvalue weighted by Gasteiger charge is -2.14. The minimum atomic E-state index is -0.234. The van der Waals surface area contributed by atoms with Gasteiger partial charge in [0.05, 0.1) is 6.54 Å². The molecule has 1 fully saturated rings. The number of H-pyrrole nitrogens is 1. The highest BCUT2D eigenvalue weighted by Gasteiger charge is 2.23. The molecule has 24 heavy (non-hydrogen) atoms. The van der Waals surface area contributed by atoms with Crippen molar-refractivity contribution in [2.75, 3.05) is 19.7 Å². The molecule has 1 unspecified atom stereocenters. The second-order valence-corrected chi connectivity index (χ2v) is 6.55. The Balaban J connectivity index is 1.75. The van der Waals surface area contributed by atoms with Crippen LogP contribution in [0.5, 0.6) is 0 Å². The minimum Gasteiger partial charge on any atom is -0.449 e. The summed E-state index contributed by atoms with van der Waals surface area (Å²) in [6.45, 7) is 2.55. The Morgan fingerprint density at radius 3 is 3.08 bits per heavy atom. The maximum atomic E-state index is 12.4. The van der Waals surface area contributed by atoms with E-state index in [9.17, 15) is 9.90 Å². The van der Waals surface area contributed by atoms with Crippen molar-refractivity contribution in [1.82, 2.24) is 14.9 Å². The molecule has 1 saturated heterocycles. The maximum absolute atomic E-state index is 12.4. The summed E-state index contributed by atoms with van der Waals surface area (Å²) < 4.78 is 5.69. The first-order chi connectivity index (χ1) is 11.7. The van der Waals surface area contributed by atoms with Crippen LogP contribution in [0.2, 0.25) is 0 Å². The molecule has 0 aliphatic carbocycles. The third-order valence-corrected chi connectivity index (χ3v) is 4.85. The Labute approximate surface area is 139 Å². The summed E-state index contributed by atoms with van der Waals surface area (Å²) in [4.78, 5) is 22.1. The van der Waals surface area contributed by atoms with Crippen LogP contribution in [0.25, 0.3) is 22.1 Å². The van der Waals surface area contributed by atoms with E-state index < -0.39 is 0 Å². The molecular formula is C17H20BN3O3. The standard InChI is InChI=1S/C17H20BN3O3/c18-6-10-1-2-13-12(5-10)15-16(24-13)17(23)20-14(19-15)8-21-4-3-11(7-21)9-22/h1-2,5,11,22H,3-4,6-9,18H2,(H,19,20,23). The van der Waals surface area contributed by atoms with Gasteiger partial charge in [-0.1, -0.05) is 17.9 Å². The summed E-state index contributed by atoms with van der Waals surface area (Å²) in [5.41, 5.74) is 2.58. The molecule has 3 aromatic rings. The predicted octanol–water partition coefficient (Wildman–Crippen LogP) is 0.617. The third kappa shape index (κ3) is 2.63. The Hall–Kier alpha value is -2.12. The summed E-state index contributed by atoms with van der Waals surface area (Å²) in [5.74, 6) is 0.970. The molecule has 124 valence electrons. The molecular weight excluding hydrogens is 305 g/mol. The van der Waals surface area contributed by atoms with Crippen LogP contribution >= 0.6 is 0 Å². The Morgan fingerprint density at radius 2 is 2.33 bits per heavy atom. The quantitative estimate of drug-likeness (QED) is 0.687. The lowest BCUT2D eigenvalue weighted by atomic mass is 9.96. The van der Waals surface area contributed by atoms with Crippen LogP contribution in [0.15, 0.2) is 27.4 Å². The predicted molar refractivity (Wildman–Crippen MR) is 94.9 cm³/mol. The van der Waals surface area contributed by atoms with Gasteiger partial charge in [0.1, 0.15) is 24.8 Å². The number of aliphatic hydroxyl groups excluding tert-OH is 1. The molecule has 1 atom stereocenters. The molecule has 7 heteroatoms. The van der Waals surface area contributed by atoms with Gasteiger partial charge < -0.3 is 14.5 Å². The number of hydrogen-bond acceptors (Lipinski definition) is 5. The monoisotopic (exact) mass is 325 g/mol. The van der Waals surface area contributed by atoms with E-state index in [2.05, 4.69) is 28.8 Å². The average Bonchev–Trinajstić information content (AvgIpc) is 3.19. The number of aromatic nitrogens is 2. The highest BCUT2D eigenvalue weighted by Crippen LogP contribution is 2.26. The molecule has 1 aromatic carbocycles. The van der Waals surface area contributed by atoms with Crippen LogP contribution in [0.3, 0.4) is 0 Å². The van der Waals surface area contributed by atoms with E-state index in [1.807, 2.05) is 12.1 Å². The minimum absolute atomic E-state index is 0.214. The SMILES string of the molecule is BCc1ccc2oc3c(=O)[nH]c(CN4CCC(CO)C4)nc3c2c1. The Morgan fingerprint density at radius 1 is 1.46 bits per heavy atom. The largest absolute Gasteiger partial charge is 0.449 e. The smallest absolute Gasteiger partial charge is 0.294 e. The van der Waals surface area contributed by atoms with Gasteiger partial charge in [-0.3, -0.25) is 9.69 Å². The van der Waals surface area contributed by atoms with Crippen molar-refractivity contribution in [2.45, 2.75) is 19.3 Å². The molecule has 2 aromatic heterocycles. The topological polar surface area (TPSA) is 82.4 Å². The number of likely N-dealkylation sites (tertiary alicyclic amines) is 1. The molecule has 0 saturated carbocycles. The van der Waals surface area contributed by atoms with Gasteiger partial charge in [0.15, 0.2) is 0 Å². The summed E-state index contributed by atoms with van der Waals surface area (Å²) in [7, 11) is 2.10. The number of nitrogens with zero attached hydrogens (tertiary/aromatic N) is 2. The normalized spacial score (nSPS) is 18.8. The lowest BCUT2D eigenvalue weighted by molar-refractivity contribution is 0.219. The van der Waals surface area contributed by atoms with Gasteiger partial charge in [-0.2, -0.15) is 0 Å². The van der Waals surface area contributed by atoms with Crippen molar-refractivity contribution in [3.8, 4) is 0 Å². The molecule has 1 aliphatic rings. The van der Waals surface area contributed by atoms with Crippen molar-refractivity contribution >= 4 is 29.9 Å². The number of furan rings is 1. The molecule has 0 bridgehead atoms. The fraction of sp³-hybridized carbons (Fsp3) is 0.412. The van der Waals surface area contributed by atoms with E-state index in [0.29, 0.717) is 29.4 Å². The highest BCUT2D eigenvalue weighted by molar-refractivity contribution is 6.09. The number of aromatic amines is 1. The van der Waals surface area contributed by atoms with Crippen molar-refractivity contribution in [1.29, 1.82) is 0 Å². The van der Waals surface area contributed by atoms with E-state index in [1.54, 1.807) is 0 Å². The van der Waals surface area contributed by atoms with Gasteiger partial charge >= 0.3 is 0 Å². The van der Waals surface area contributed by atoms with E-state index in [4.69, 9.17) is 4.42 Å². The van der Waals surface area contributed by atoms with Gasteiger partial charge in [-0.25, -0.2) is 4.98 Å². The van der Waals surface area contributed by atoms with Crippen molar-refractivity contribution in [2.24, 2.45) is 5.92 Å². The number of nitrogens with one attached hydrogen (secondary N) is 1. The van der Waals surface area contributed by atoms with Gasteiger partial charge in [-0.05, 0) is 31.0 Å². The zero-order valence-electron chi connectivity index (χ0n) is 13.7. The first kappa shape index (κ1) is 15.4. The van der Waals surface area contributed by atoms with Crippen LogP contribution in [0.4, 0.5) is 0 Å². The highest BCUT2D eigenvalue weighted by atomic mass is 16.3. The molecule has 3 heterocycles. The molecule has 0 amide bonds. The first-order valence-electron chi connectivity index (χ1n) is 8.45. The van der Waals surface area contributed by atoms with Crippen LogP contribution in [0.1, 0.15) is 17.8 Å². The van der Waals surface area contributed by atoms with Crippen molar-refractivity contribution in [3.05, 3.63) is 39.9 Å². The second-order valence-electron chi connectivity index (χ2n) is 6.55. The van der Waals surface area contributed by atoms with E-state index in [0.717, 1.165) is 31.2 Å². The summed E-state index contributed by atoms with van der Waals surface area (Å²) >= 11 is 0. The van der Waals surface area contributed by atoms with E-state index in [-0.39, 0.29) is 17.7 Å². The molecule has 1 aliphatic heterocycles. The number of fused-ring (bicyclic) bond motifs is 3. The Bertz CT molecular complexity index is 949. The number of hydrogen-bond donors (Lipinski definition) is 2. The molecule has 4 rings (SSSR count). The van der Waals surface area contributed by atoms with Crippen LogP contribution in [-0.2, 0) is 12.9 Å². The van der Waals surface area contributed by atoms with Gasteiger partial charge in [0, 0.05) is 18.5 Å². The zero-order chi connectivity index (χ0) is 16.7. The summed E-state index contributed by atoms with van der Waals surface area (Å²) in [6, 6.07) is 5.97. The van der Waals surface area contributed by atoms with Crippen LogP contribution < -0.4 is 5.56 Å². The molecule has 6 nitrogen and oxygen atoms in total. The third-order valence-electron chi connectivity index (χ3n) is 4.85. The fourth-order valence-electron chi connectivity index (χ4n) is 3.46. The van der Waals surface area contributed by atoms with Crippen LogP contribution in [-0.4, -0.2) is 47.5 Å². The van der Waals surface area contributed by atoms with Gasteiger partial charge in [0.25, 0.3) is 5.56 Å². The van der Waals surface area contributed by atoms with Gasteiger partial charge in [-0.15, -0.1) is 0 Å².